The first-order chi connectivity index (χ1) is 6.24. The first-order valence-electron chi connectivity index (χ1n) is 5.12. The van der Waals surface area contributed by atoms with Gasteiger partial charge in [0.15, 0.2) is 0 Å². The Kier molecular flexibility index (Phi) is 4.22. The highest BCUT2D eigenvalue weighted by molar-refractivity contribution is 5.78. The average Bonchev–Trinajstić information content (AvgIpc) is 2.19. The van der Waals surface area contributed by atoms with Crippen LogP contribution in [0, 0.1) is 5.92 Å². The van der Waals surface area contributed by atoms with Gasteiger partial charge in [-0.3, -0.25) is 4.79 Å². The summed E-state index contributed by atoms with van der Waals surface area (Å²) in [7, 11) is 0. The van der Waals surface area contributed by atoms with Crippen molar-refractivity contribution in [3.63, 3.8) is 0 Å². The van der Waals surface area contributed by atoms with Gasteiger partial charge in [0, 0.05) is 25.2 Å². The van der Waals surface area contributed by atoms with E-state index < -0.39 is 0 Å². The summed E-state index contributed by atoms with van der Waals surface area (Å²) in [6.45, 7) is 5.59. The fourth-order valence-corrected chi connectivity index (χ4v) is 1.42. The van der Waals surface area contributed by atoms with Gasteiger partial charge in [0.2, 0.25) is 5.91 Å². The van der Waals surface area contributed by atoms with E-state index in [4.69, 9.17) is 4.74 Å². The highest BCUT2D eigenvalue weighted by atomic mass is 16.5. The first kappa shape index (κ1) is 10.5. The summed E-state index contributed by atoms with van der Waals surface area (Å²) in [6, 6.07) is 0.301. The van der Waals surface area contributed by atoms with E-state index in [9.17, 15) is 4.79 Å². The van der Waals surface area contributed by atoms with Gasteiger partial charge in [0.1, 0.15) is 0 Å². The zero-order valence-corrected chi connectivity index (χ0v) is 8.51. The quantitative estimate of drug-likeness (QED) is 0.720. The van der Waals surface area contributed by atoms with Crippen molar-refractivity contribution in [2.24, 2.45) is 5.92 Å². The maximum Gasteiger partial charge on any atom is 0.223 e. The highest BCUT2D eigenvalue weighted by Gasteiger charge is 2.21. The van der Waals surface area contributed by atoms with E-state index in [1.54, 1.807) is 0 Å². The highest BCUT2D eigenvalue weighted by Crippen LogP contribution is 2.14. The van der Waals surface area contributed by atoms with E-state index in [1.165, 1.54) is 0 Å². The van der Waals surface area contributed by atoms with E-state index >= 15 is 0 Å². The van der Waals surface area contributed by atoms with E-state index in [0.29, 0.717) is 6.04 Å². The summed E-state index contributed by atoms with van der Waals surface area (Å²) in [5, 5.41) is 3.00. The molecule has 1 unspecified atom stereocenters. The third-order valence-electron chi connectivity index (χ3n) is 2.59. The molecule has 1 N–H and O–H groups in total. The SMILES string of the molecule is CCC(C)NC(=O)C1CCOCC1. The molecule has 0 aromatic carbocycles. The molecule has 0 aromatic rings. The van der Waals surface area contributed by atoms with Crippen LogP contribution >= 0.6 is 0 Å². The normalized spacial score (nSPS) is 21.1. The van der Waals surface area contributed by atoms with Gasteiger partial charge in [-0.15, -0.1) is 0 Å². The molecular formula is C10H19NO2. The molecule has 1 fully saturated rings. The van der Waals surface area contributed by atoms with Gasteiger partial charge >= 0.3 is 0 Å². The van der Waals surface area contributed by atoms with Crippen molar-refractivity contribution in [1.29, 1.82) is 0 Å². The molecule has 1 amide bonds. The molecule has 0 spiro atoms. The van der Waals surface area contributed by atoms with Gasteiger partial charge in [-0.05, 0) is 26.2 Å². The van der Waals surface area contributed by atoms with Crippen LogP contribution in [0.5, 0.6) is 0 Å². The topological polar surface area (TPSA) is 38.3 Å². The number of rotatable bonds is 3. The van der Waals surface area contributed by atoms with Gasteiger partial charge in [0.25, 0.3) is 0 Å². The largest absolute Gasteiger partial charge is 0.381 e. The van der Waals surface area contributed by atoms with Gasteiger partial charge in [-0.2, -0.15) is 0 Å². The minimum absolute atomic E-state index is 0.183. The summed E-state index contributed by atoms with van der Waals surface area (Å²) in [5.41, 5.74) is 0. The number of amides is 1. The Labute approximate surface area is 79.8 Å². The Morgan fingerprint density at radius 3 is 2.69 bits per heavy atom. The number of hydrogen-bond donors (Lipinski definition) is 1. The van der Waals surface area contributed by atoms with E-state index in [-0.39, 0.29) is 11.8 Å². The third-order valence-corrected chi connectivity index (χ3v) is 2.59. The Bertz CT molecular complexity index is 164. The Hall–Kier alpha value is -0.570. The second kappa shape index (κ2) is 5.22. The lowest BCUT2D eigenvalue weighted by molar-refractivity contribution is -0.128. The van der Waals surface area contributed by atoms with Gasteiger partial charge in [0.05, 0.1) is 0 Å². The fourth-order valence-electron chi connectivity index (χ4n) is 1.42. The Balaban J connectivity index is 2.29. The maximum absolute atomic E-state index is 11.6. The maximum atomic E-state index is 11.6. The monoisotopic (exact) mass is 185 g/mol. The van der Waals surface area contributed by atoms with Crippen molar-refractivity contribution in [2.45, 2.75) is 39.2 Å². The van der Waals surface area contributed by atoms with E-state index in [2.05, 4.69) is 12.2 Å². The van der Waals surface area contributed by atoms with Gasteiger partial charge in [-0.25, -0.2) is 0 Å². The molecule has 3 heteroatoms. The molecule has 76 valence electrons. The van der Waals surface area contributed by atoms with Crippen molar-refractivity contribution in [2.75, 3.05) is 13.2 Å². The minimum Gasteiger partial charge on any atom is -0.381 e. The Morgan fingerprint density at radius 1 is 1.54 bits per heavy atom. The number of ether oxygens (including phenoxy) is 1. The third kappa shape index (κ3) is 3.35. The number of carbonyl (C=O) groups excluding carboxylic acids is 1. The van der Waals surface area contributed by atoms with Gasteiger partial charge in [-0.1, -0.05) is 6.92 Å². The van der Waals surface area contributed by atoms with Crippen LogP contribution in [0.2, 0.25) is 0 Å². The van der Waals surface area contributed by atoms with Crippen LogP contribution < -0.4 is 5.32 Å². The van der Waals surface area contributed by atoms with Crippen molar-refractivity contribution < 1.29 is 9.53 Å². The number of nitrogens with one attached hydrogen (secondary N) is 1. The molecule has 1 aliphatic rings. The predicted molar refractivity (Wildman–Crippen MR) is 51.4 cm³/mol. The molecule has 0 saturated carbocycles. The molecule has 1 aliphatic heterocycles. The van der Waals surface area contributed by atoms with Crippen molar-refractivity contribution >= 4 is 5.91 Å². The van der Waals surface area contributed by atoms with Crippen molar-refractivity contribution in [1.82, 2.24) is 5.32 Å². The number of carbonyl (C=O) groups is 1. The second-order valence-electron chi connectivity index (χ2n) is 3.70. The molecule has 13 heavy (non-hydrogen) atoms. The van der Waals surface area contributed by atoms with Crippen LogP contribution in [-0.2, 0) is 9.53 Å². The molecule has 1 saturated heterocycles. The minimum atomic E-state index is 0.183. The zero-order valence-electron chi connectivity index (χ0n) is 8.51. The smallest absolute Gasteiger partial charge is 0.223 e. The lowest BCUT2D eigenvalue weighted by Crippen LogP contribution is -2.39. The molecular weight excluding hydrogens is 166 g/mol. The van der Waals surface area contributed by atoms with Crippen LogP contribution in [-0.4, -0.2) is 25.2 Å². The fraction of sp³-hybridized carbons (Fsp3) is 0.900. The molecule has 1 atom stereocenters. The molecule has 1 rings (SSSR count). The van der Waals surface area contributed by atoms with Crippen LogP contribution in [0.4, 0.5) is 0 Å². The standard InChI is InChI=1S/C10H19NO2/c1-3-8(2)11-10(12)9-4-6-13-7-5-9/h8-9H,3-7H2,1-2H3,(H,11,12). The molecule has 0 aliphatic carbocycles. The summed E-state index contributed by atoms with van der Waals surface area (Å²) < 4.78 is 5.20. The average molecular weight is 185 g/mol. The van der Waals surface area contributed by atoms with Crippen LogP contribution in [0.15, 0.2) is 0 Å². The summed E-state index contributed by atoms with van der Waals surface area (Å²) >= 11 is 0. The van der Waals surface area contributed by atoms with Crippen LogP contribution in [0.3, 0.4) is 0 Å². The first-order valence-corrected chi connectivity index (χ1v) is 5.12. The summed E-state index contributed by atoms with van der Waals surface area (Å²) in [4.78, 5) is 11.6. The lowest BCUT2D eigenvalue weighted by atomic mass is 9.99. The van der Waals surface area contributed by atoms with E-state index in [1.807, 2.05) is 6.92 Å². The zero-order chi connectivity index (χ0) is 9.68. The van der Waals surface area contributed by atoms with Gasteiger partial charge < -0.3 is 10.1 Å². The van der Waals surface area contributed by atoms with Crippen molar-refractivity contribution in [3.05, 3.63) is 0 Å². The lowest BCUT2D eigenvalue weighted by Gasteiger charge is -2.23. The molecule has 3 nitrogen and oxygen atoms in total. The molecule has 0 bridgehead atoms. The van der Waals surface area contributed by atoms with Crippen LogP contribution in [0.1, 0.15) is 33.1 Å². The van der Waals surface area contributed by atoms with Crippen molar-refractivity contribution in [3.8, 4) is 0 Å². The summed E-state index contributed by atoms with van der Waals surface area (Å²) in [5.74, 6) is 0.389. The molecule has 1 heterocycles. The molecule has 0 radical (unpaired) electrons. The number of hydrogen-bond acceptors (Lipinski definition) is 2. The Morgan fingerprint density at radius 2 is 2.15 bits per heavy atom. The van der Waals surface area contributed by atoms with Crippen LogP contribution in [0.25, 0.3) is 0 Å². The van der Waals surface area contributed by atoms with E-state index in [0.717, 1.165) is 32.5 Å². The molecule has 0 aromatic heterocycles. The summed E-state index contributed by atoms with van der Waals surface area (Å²) in [6.07, 6.45) is 2.75. The second-order valence-corrected chi connectivity index (χ2v) is 3.70. The predicted octanol–water partition coefficient (Wildman–Crippen LogP) is 1.33.